The minimum Gasteiger partial charge on any atom is -0.508 e. The molecule has 37 heavy (non-hydrogen) atoms. The lowest BCUT2D eigenvalue weighted by atomic mass is 9.83. The van der Waals surface area contributed by atoms with Crippen molar-refractivity contribution in [3.05, 3.63) is 94.5 Å². The van der Waals surface area contributed by atoms with Crippen molar-refractivity contribution in [3.63, 3.8) is 0 Å². The zero-order valence-electron chi connectivity index (χ0n) is 19.1. The molecule has 0 saturated carbocycles. The second-order valence-corrected chi connectivity index (χ2v) is 7.82. The van der Waals surface area contributed by atoms with Crippen molar-refractivity contribution in [2.24, 2.45) is 10.2 Å². The first-order valence-corrected chi connectivity index (χ1v) is 10.9. The van der Waals surface area contributed by atoms with E-state index in [1.807, 2.05) is 30.3 Å². The molecule has 6 N–H and O–H groups in total. The van der Waals surface area contributed by atoms with Crippen LogP contribution in [0.15, 0.2) is 76.9 Å². The summed E-state index contributed by atoms with van der Waals surface area (Å²) in [7, 11) is 0. The number of benzene rings is 3. The predicted molar refractivity (Wildman–Crippen MR) is 134 cm³/mol. The molecule has 3 aromatic carbocycles. The van der Waals surface area contributed by atoms with Crippen molar-refractivity contribution in [1.82, 2.24) is 40.6 Å². The molecule has 0 fully saturated rings. The summed E-state index contributed by atoms with van der Waals surface area (Å²) < 4.78 is 0. The van der Waals surface area contributed by atoms with Gasteiger partial charge in [0.1, 0.15) is 11.5 Å². The Morgan fingerprint density at radius 2 is 1.19 bits per heavy atom. The third kappa shape index (κ3) is 4.93. The number of rotatable bonds is 7. The highest BCUT2D eigenvalue weighted by Crippen LogP contribution is 2.40. The minimum atomic E-state index is -0.469. The van der Waals surface area contributed by atoms with E-state index in [0.717, 1.165) is 15.1 Å². The molecule has 0 saturated heterocycles. The largest absolute Gasteiger partial charge is 0.508 e. The number of nitrogens with zero attached hydrogens (tertiary/aromatic N) is 10. The summed E-state index contributed by atoms with van der Waals surface area (Å²) in [4.78, 5) is 2.13. The van der Waals surface area contributed by atoms with Gasteiger partial charge in [-0.05, 0) is 49.7 Å². The van der Waals surface area contributed by atoms with E-state index in [-0.39, 0.29) is 23.4 Å². The molecule has 0 radical (unpaired) electrons. The molecule has 0 aliphatic carbocycles. The quantitative estimate of drug-likeness (QED) is 0.187. The molecule has 0 atom stereocenters. The van der Waals surface area contributed by atoms with Gasteiger partial charge in [-0.1, -0.05) is 74.4 Å². The van der Waals surface area contributed by atoms with Gasteiger partial charge in [-0.15, -0.1) is 0 Å². The van der Waals surface area contributed by atoms with Crippen molar-refractivity contribution in [2.75, 3.05) is 11.5 Å². The first-order chi connectivity index (χ1) is 18.0. The van der Waals surface area contributed by atoms with Crippen molar-refractivity contribution in [3.8, 4) is 11.5 Å². The summed E-state index contributed by atoms with van der Waals surface area (Å²) in [6.45, 7) is 0. The van der Waals surface area contributed by atoms with Crippen LogP contribution in [0, 0.1) is 0 Å². The fraction of sp³-hybridized carbons (Fsp3) is 0.0435. The number of anilines is 2. The topological polar surface area (TPSA) is 204 Å². The molecule has 0 aliphatic rings. The lowest BCUT2D eigenvalue weighted by Gasteiger charge is -2.21. The lowest BCUT2D eigenvalue weighted by molar-refractivity contribution is 0.458. The average Bonchev–Trinajstić information content (AvgIpc) is 3.51. The van der Waals surface area contributed by atoms with Crippen molar-refractivity contribution >= 4 is 24.3 Å². The summed E-state index contributed by atoms with van der Waals surface area (Å²) in [5.41, 5.74) is 14.5. The maximum absolute atomic E-state index is 11.0. The maximum Gasteiger partial charge on any atom is 0.263 e. The summed E-state index contributed by atoms with van der Waals surface area (Å²) in [6.07, 6.45) is 2.94. The van der Waals surface area contributed by atoms with Crippen LogP contribution in [0.5, 0.6) is 11.5 Å². The van der Waals surface area contributed by atoms with E-state index in [9.17, 15) is 10.2 Å². The van der Waals surface area contributed by atoms with Gasteiger partial charge in [0, 0.05) is 17.0 Å². The molecule has 0 amide bonds. The molecule has 184 valence electrons. The number of hydrogen-bond acceptors (Lipinski definition) is 12. The summed E-state index contributed by atoms with van der Waals surface area (Å²) in [5, 5.41) is 51.4. The van der Waals surface area contributed by atoms with Gasteiger partial charge in [-0.3, -0.25) is 0 Å². The van der Waals surface area contributed by atoms with E-state index in [1.165, 1.54) is 12.4 Å². The molecule has 0 spiro atoms. The Balaban J connectivity index is 1.49. The van der Waals surface area contributed by atoms with Crippen LogP contribution in [0.3, 0.4) is 0 Å². The maximum atomic E-state index is 11.0. The molecule has 5 rings (SSSR count). The number of tetrazole rings is 2. The Labute approximate surface area is 209 Å². The molecule has 2 aromatic heterocycles. The van der Waals surface area contributed by atoms with Crippen LogP contribution in [0.25, 0.3) is 0 Å². The fourth-order valence-electron chi connectivity index (χ4n) is 3.73. The van der Waals surface area contributed by atoms with E-state index in [1.54, 1.807) is 36.4 Å². The van der Waals surface area contributed by atoms with Gasteiger partial charge in [0.25, 0.3) is 11.9 Å². The van der Waals surface area contributed by atoms with E-state index < -0.39 is 5.92 Å². The average molecular weight is 496 g/mol. The number of phenols is 2. The van der Waals surface area contributed by atoms with Crippen LogP contribution in [0.4, 0.5) is 11.9 Å². The zero-order chi connectivity index (χ0) is 25.8. The number of nitrogens with two attached hydrogens (primary N) is 2. The standard InChI is InChI=1S/C23H20N12O2/c24-22-28-30-32-34(22)26-12-14-6-8-17(19(36)10-14)21(16-4-2-1-3-5-16)18-9-7-15(11-20(18)37)13-27-35-23(25)29-31-33-35/h1-13,21,36-37H,(H2,24,28,32)(H2,25,29,33). The minimum absolute atomic E-state index is 0.0155. The summed E-state index contributed by atoms with van der Waals surface area (Å²) in [5.74, 6) is -0.370. The Bertz CT molecular complexity index is 1490. The molecular weight excluding hydrogens is 476 g/mol. The van der Waals surface area contributed by atoms with Gasteiger partial charge >= 0.3 is 0 Å². The van der Waals surface area contributed by atoms with Gasteiger partial charge in [0.2, 0.25) is 0 Å². The highest BCUT2D eigenvalue weighted by atomic mass is 16.3. The van der Waals surface area contributed by atoms with Gasteiger partial charge in [-0.2, -0.15) is 10.2 Å². The second kappa shape index (κ2) is 9.91. The van der Waals surface area contributed by atoms with Crippen molar-refractivity contribution < 1.29 is 10.2 Å². The third-order valence-electron chi connectivity index (χ3n) is 5.45. The first kappa shape index (κ1) is 23.1. The van der Waals surface area contributed by atoms with Crippen molar-refractivity contribution in [1.29, 1.82) is 0 Å². The molecular formula is C23H20N12O2. The van der Waals surface area contributed by atoms with E-state index >= 15 is 0 Å². The van der Waals surface area contributed by atoms with Crippen LogP contribution in [0.2, 0.25) is 0 Å². The Morgan fingerprint density at radius 1 is 0.703 bits per heavy atom. The third-order valence-corrected chi connectivity index (χ3v) is 5.45. The highest BCUT2D eigenvalue weighted by molar-refractivity contribution is 5.81. The fourth-order valence-corrected chi connectivity index (χ4v) is 3.73. The van der Waals surface area contributed by atoms with Crippen LogP contribution < -0.4 is 11.5 Å². The van der Waals surface area contributed by atoms with E-state index in [4.69, 9.17) is 11.5 Å². The zero-order valence-corrected chi connectivity index (χ0v) is 19.1. The monoisotopic (exact) mass is 496 g/mol. The predicted octanol–water partition coefficient (Wildman–Crippen LogP) is 1.18. The molecule has 0 bridgehead atoms. The van der Waals surface area contributed by atoms with Gasteiger partial charge in [-0.25, -0.2) is 0 Å². The number of phenolic OH excluding ortho intramolecular Hbond substituents is 2. The molecule has 14 heteroatoms. The Kier molecular flexibility index (Phi) is 6.19. The van der Waals surface area contributed by atoms with Crippen LogP contribution in [-0.4, -0.2) is 63.3 Å². The number of aromatic hydroxyl groups is 2. The summed E-state index contributed by atoms with van der Waals surface area (Å²) >= 11 is 0. The lowest BCUT2D eigenvalue weighted by Crippen LogP contribution is -2.05. The highest BCUT2D eigenvalue weighted by Gasteiger charge is 2.23. The molecule has 0 unspecified atom stereocenters. The molecule has 0 aliphatic heterocycles. The van der Waals surface area contributed by atoms with Crippen LogP contribution in [-0.2, 0) is 0 Å². The van der Waals surface area contributed by atoms with Gasteiger partial charge in [0.05, 0.1) is 12.4 Å². The van der Waals surface area contributed by atoms with Crippen LogP contribution >= 0.6 is 0 Å². The number of aromatic nitrogens is 8. The van der Waals surface area contributed by atoms with E-state index in [2.05, 4.69) is 41.3 Å². The second-order valence-electron chi connectivity index (χ2n) is 7.82. The molecule has 14 nitrogen and oxygen atoms in total. The van der Waals surface area contributed by atoms with E-state index in [0.29, 0.717) is 22.3 Å². The number of nitrogen functional groups attached to an aromatic ring is 2. The Hall–Kier alpha value is -5.66. The summed E-state index contributed by atoms with van der Waals surface area (Å²) in [6, 6.07) is 19.8. The van der Waals surface area contributed by atoms with Crippen molar-refractivity contribution in [2.45, 2.75) is 5.92 Å². The van der Waals surface area contributed by atoms with Crippen LogP contribution in [0.1, 0.15) is 33.7 Å². The van der Waals surface area contributed by atoms with Gasteiger partial charge < -0.3 is 21.7 Å². The normalized spacial score (nSPS) is 12.4. The number of hydrogen-bond donors (Lipinski definition) is 4. The first-order valence-electron chi connectivity index (χ1n) is 10.9. The molecule has 2 heterocycles. The molecule has 5 aromatic rings. The SMILES string of the molecule is Nc1nnnn1N=Cc1ccc(C(c2ccccc2)c2ccc(C=Nn3nnnc3N)cc2O)c(O)c1. The smallest absolute Gasteiger partial charge is 0.263 e. The van der Waals surface area contributed by atoms with Gasteiger partial charge in [0.15, 0.2) is 0 Å². The Morgan fingerprint density at radius 3 is 1.59 bits per heavy atom.